The maximum absolute atomic E-state index is 13.3. The molecule has 2 aliphatic rings. The van der Waals surface area contributed by atoms with Gasteiger partial charge in [0, 0.05) is 31.9 Å². The van der Waals surface area contributed by atoms with Crippen molar-refractivity contribution in [3.8, 4) is 0 Å². The minimum atomic E-state index is -1.02. The first-order valence-electron chi connectivity index (χ1n) is 12.1. The molecule has 2 amide bonds. The zero-order valence-electron chi connectivity index (χ0n) is 20.5. The largest absolute Gasteiger partial charge is 0.478 e. The van der Waals surface area contributed by atoms with Crippen molar-refractivity contribution >= 4 is 41.1 Å². The van der Waals surface area contributed by atoms with E-state index < -0.39 is 5.97 Å². The molecular weight excluding hydrogens is 460 g/mol. The van der Waals surface area contributed by atoms with Gasteiger partial charge in [0.2, 0.25) is 0 Å². The molecule has 0 bridgehead atoms. The van der Waals surface area contributed by atoms with Crippen LogP contribution in [0.5, 0.6) is 0 Å². The highest BCUT2D eigenvalue weighted by atomic mass is 16.5. The Balaban J connectivity index is 1.51. The number of hydrazone groups is 1. The molecule has 0 saturated carbocycles. The molecule has 1 N–H and O–H groups in total. The quantitative estimate of drug-likeness (QED) is 0.582. The van der Waals surface area contributed by atoms with Crippen LogP contribution < -0.4 is 9.91 Å². The number of piperazine rings is 1. The van der Waals surface area contributed by atoms with Crippen molar-refractivity contribution in [3.63, 3.8) is 0 Å². The van der Waals surface area contributed by atoms with Gasteiger partial charge in [0.25, 0.3) is 5.91 Å². The summed E-state index contributed by atoms with van der Waals surface area (Å²) in [4.78, 5) is 40.1. The number of ether oxygens (including phenoxy) is 1. The lowest BCUT2D eigenvalue weighted by atomic mass is 10.0. The maximum Gasteiger partial charge on any atom is 0.409 e. The van der Waals surface area contributed by atoms with Crippen LogP contribution in [-0.4, -0.2) is 67.0 Å². The van der Waals surface area contributed by atoms with E-state index in [1.807, 2.05) is 30.3 Å². The molecule has 2 heterocycles. The van der Waals surface area contributed by atoms with E-state index in [0.29, 0.717) is 30.8 Å². The first-order chi connectivity index (χ1) is 17.4. The van der Waals surface area contributed by atoms with Crippen LogP contribution in [0.15, 0.2) is 59.2 Å². The Hall–Kier alpha value is -4.14. The van der Waals surface area contributed by atoms with Crippen LogP contribution in [0.2, 0.25) is 0 Å². The number of aromatic carboxylic acids is 1. The van der Waals surface area contributed by atoms with Gasteiger partial charge in [-0.1, -0.05) is 25.5 Å². The summed E-state index contributed by atoms with van der Waals surface area (Å²) in [6.45, 7) is 4.74. The lowest BCUT2D eigenvalue weighted by Crippen LogP contribution is -2.48. The number of hydrogen-bond acceptors (Lipinski definition) is 6. The molecule has 0 radical (unpaired) electrons. The van der Waals surface area contributed by atoms with Gasteiger partial charge in [-0.3, -0.25) is 4.79 Å². The second kappa shape index (κ2) is 11.1. The number of rotatable bonds is 7. The first-order valence-corrected chi connectivity index (χ1v) is 12.1. The van der Waals surface area contributed by atoms with Crippen LogP contribution >= 0.6 is 0 Å². The fourth-order valence-corrected chi connectivity index (χ4v) is 4.28. The molecular formula is C27H30N4O5. The van der Waals surface area contributed by atoms with Crippen molar-refractivity contribution in [2.75, 3.05) is 43.2 Å². The summed E-state index contributed by atoms with van der Waals surface area (Å²) in [5.74, 6) is -1.25. The molecule has 0 aromatic heterocycles. The molecule has 188 valence electrons. The molecule has 0 atom stereocenters. The molecule has 0 aliphatic carbocycles. The van der Waals surface area contributed by atoms with Gasteiger partial charge in [-0.2, -0.15) is 10.1 Å². The highest BCUT2D eigenvalue weighted by Gasteiger charge is 2.31. The van der Waals surface area contributed by atoms with E-state index in [2.05, 4.69) is 16.9 Å². The fraction of sp³-hybridized carbons (Fsp3) is 0.333. The van der Waals surface area contributed by atoms with Crippen molar-refractivity contribution in [1.29, 1.82) is 0 Å². The van der Waals surface area contributed by atoms with Crippen LogP contribution in [0.3, 0.4) is 0 Å². The normalized spacial score (nSPS) is 16.9. The number of benzene rings is 2. The molecule has 1 saturated heterocycles. The van der Waals surface area contributed by atoms with Crippen LogP contribution in [0.4, 0.5) is 16.2 Å². The molecule has 1 fully saturated rings. The number of anilines is 2. The minimum Gasteiger partial charge on any atom is -0.478 e. The van der Waals surface area contributed by atoms with E-state index in [1.165, 1.54) is 24.3 Å². The highest BCUT2D eigenvalue weighted by Crippen LogP contribution is 2.28. The van der Waals surface area contributed by atoms with E-state index >= 15 is 0 Å². The smallest absolute Gasteiger partial charge is 0.409 e. The molecule has 2 aliphatic heterocycles. The van der Waals surface area contributed by atoms with Crippen molar-refractivity contribution in [2.45, 2.75) is 26.2 Å². The van der Waals surface area contributed by atoms with Gasteiger partial charge in [-0.05, 0) is 60.9 Å². The number of carbonyl (C=O) groups excluding carboxylic acids is 2. The lowest BCUT2D eigenvalue weighted by Gasteiger charge is -2.35. The highest BCUT2D eigenvalue weighted by molar-refractivity contribution is 6.32. The second-order valence-electron chi connectivity index (χ2n) is 8.71. The van der Waals surface area contributed by atoms with Crippen LogP contribution in [0.25, 0.3) is 6.08 Å². The fourth-order valence-electron chi connectivity index (χ4n) is 4.28. The third-order valence-corrected chi connectivity index (χ3v) is 6.36. The Kier molecular flexibility index (Phi) is 7.68. The summed E-state index contributed by atoms with van der Waals surface area (Å²) in [6, 6.07) is 14.1. The van der Waals surface area contributed by atoms with Crippen molar-refractivity contribution < 1.29 is 24.2 Å². The van der Waals surface area contributed by atoms with Crippen molar-refractivity contribution in [1.82, 2.24) is 4.90 Å². The van der Waals surface area contributed by atoms with Gasteiger partial charge in [0.05, 0.1) is 29.6 Å². The molecule has 0 unspecified atom stereocenters. The van der Waals surface area contributed by atoms with E-state index in [0.717, 1.165) is 42.9 Å². The van der Waals surface area contributed by atoms with E-state index in [-0.39, 0.29) is 17.6 Å². The monoisotopic (exact) mass is 490 g/mol. The summed E-state index contributed by atoms with van der Waals surface area (Å²) in [5, 5.41) is 15.1. The van der Waals surface area contributed by atoms with Crippen molar-refractivity contribution in [2.24, 2.45) is 5.10 Å². The summed E-state index contributed by atoms with van der Waals surface area (Å²) in [6.07, 6.45) is 4.13. The number of nitrogens with zero attached hydrogens (tertiary/aromatic N) is 4. The minimum absolute atomic E-state index is 0.156. The second-order valence-corrected chi connectivity index (χ2v) is 8.71. The van der Waals surface area contributed by atoms with Gasteiger partial charge in [0.15, 0.2) is 0 Å². The third-order valence-electron chi connectivity index (χ3n) is 6.36. The number of hydrogen-bond donors (Lipinski definition) is 1. The topological polar surface area (TPSA) is 103 Å². The molecule has 36 heavy (non-hydrogen) atoms. The lowest BCUT2D eigenvalue weighted by molar-refractivity contribution is -0.114. The number of methoxy groups -OCH3 is 1. The summed E-state index contributed by atoms with van der Waals surface area (Å²) in [7, 11) is 1.39. The Labute approximate surface area is 210 Å². The predicted molar refractivity (Wildman–Crippen MR) is 138 cm³/mol. The van der Waals surface area contributed by atoms with Crippen LogP contribution in [-0.2, 0) is 9.53 Å². The first kappa shape index (κ1) is 25.0. The zero-order chi connectivity index (χ0) is 25.7. The molecule has 2 aromatic carbocycles. The van der Waals surface area contributed by atoms with Crippen LogP contribution in [0.1, 0.15) is 42.1 Å². The van der Waals surface area contributed by atoms with E-state index in [9.17, 15) is 14.4 Å². The molecule has 2 aromatic rings. The Morgan fingerprint density at radius 1 is 1.00 bits per heavy atom. The third kappa shape index (κ3) is 5.40. The molecule has 9 heteroatoms. The van der Waals surface area contributed by atoms with Gasteiger partial charge >= 0.3 is 12.1 Å². The Morgan fingerprint density at radius 3 is 2.22 bits per heavy atom. The molecule has 0 spiro atoms. The zero-order valence-corrected chi connectivity index (χ0v) is 20.5. The number of carboxylic acid groups (broad SMARTS) is 1. The Morgan fingerprint density at radius 2 is 1.64 bits per heavy atom. The molecule has 4 rings (SSSR count). The summed E-state index contributed by atoms with van der Waals surface area (Å²) < 4.78 is 4.80. The summed E-state index contributed by atoms with van der Waals surface area (Å²) in [5.41, 5.74) is 3.91. The summed E-state index contributed by atoms with van der Waals surface area (Å²) >= 11 is 0. The average Bonchev–Trinajstić information content (AvgIpc) is 3.22. The predicted octanol–water partition coefficient (Wildman–Crippen LogP) is 4.25. The number of carbonyl (C=O) groups is 3. The SMILES string of the molecule is CCCCC1=NN(c2ccc(C(=O)O)cc2)C(=O)/C1=C\c1ccc(N2CCN(C(=O)OC)CC2)cc1. The van der Waals surface area contributed by atoms with E-state index in [1.54, 1.807) is 17.0 Å². The van der Waals surface area contributed by atoms with Gasteiger partial charge in [0.1, 0.15) is 0 Å². The van der Waals surface area contributed by atoms with Gasteiger partial charge < -0.3 is 19.6 Å². The number of carboxylic acids is 1. The van der Waals surface area contributed by atoms with Crippen molar-refractivity contribution in [3.05, 3.63) is 65.2 Å². The van der Waals surface area contributed by atoms with Gasteiger partial charge in [-0.15, -0.1) is 0 Å². The number of amides is 2. The standard InChI is InChI=1S/C27H30N4O5/c1-3-4-5-24-23(25(32)31(28-24)22-12-8-20(9-13-22)26(33)34)18-19-6-10-21(11-7-19)29-14-16-30(17-15-29)27(35)36-2/h6-13,18H,3-5,14-17H2,1-2H3,(H,33,34)/b23-18-. The van der Waals surface area contributed by atoms with E-state index in [4.69, 9.17) is 9.84 Å². The Bertz CT molecular complexity index is 1180. The van der Waals surface area contributed by atoms with Crippen LogP contribution in [0, 0.1) is 0 Å². The molecule has 9 nitrogen and oxygen atoms in total. The average molecular weight is 491 g/mol. The maximum atomic E-state index is 13.3. The van der Waals surface area contributed by atoms with Gasteiger partial charge in [-0.25, -0.2) is 9.59 Å². The number of unbranched alkanes of at least 4 members (excludes halogenated alkanes) is 1.